The van der Waals surface area contributed by atoms with E-state index < -0.39 is 5.92 Å². The third-order valence-electron chi connectivity index (χ3n) is 4.72. The van der Waals surface area contributed by atoms with Crippen LogP contribution in [0.5, 0.6) is 0 Å². The Morgan fingerprint density at radius 3 is 2.00 bits per heavy atom. The molecule has 1 N–H and O–H groups in total. The van der Waals surface area contributed by atoms with Gasteiger partial charge in [-0.25, -0.2) is 0 Å². The van der Waals surface area contributed by atoms with Crippen molar-refractivity contribution >= 4 is 17.3 Å². The van der Waals surface area contributed by atoms with Crippen molar-refractivity contribution in [3.8, 4) is 0 Å². The first-order valence-corrected chi connectivity index (χ1v) is 9.94. The lowest BCUT2D eigenvalue weighted by Gasteiger charge is -2.11. The zero-order chi connectivity index (χ0) is 19.5. The second-order valence-corrected chi connectivity index (χ2v) is 6.92. The molecule has 0 aromatic heterocycles. The smallest absolute Gasteiger partial charge is 0.173 e. The summed E-state index contributed by atoms with van der Waals surface area (Å²) in [5, 5.41) is 3.39. The monoisotopic (exact) mass is 364 g/mol. The van der Waals surface area contributed by atoms with Crippen LogP contribution in [-0.4, -0.2) is 18.1 Å². The van der Waals surface area contributed by atoms with E-state index in [1.54, 1.807) is 36.4 Å². The molecule has 3 nitrogen and oxygen atoms in total. The van der Waals surface area contributed by atoms with E-state index in [0.29, 0.717) is 11.1 Å². The Balaban J connectivity index is 1.81. The summed E-state index contributed by atoms with van der Waals surface area (Å²) in [4.78, 5) is 25.0. The molecule has 143 valence electrons. The van der Waals surface area contributed by atoms with Crippen molar-refractivity contribution in [3.05, 3.63) is 72.6 Å². The Morgan fingerprint density at radius 2 is 1.37 bits per heavy atom. The molecule has 1 radical (unpaired) electrons. The normalized spacial score (nSPS) is 11.8. The van der Waals surface area contributed by atoms with Crippen LogP contribution >= 0.6 is 0 Å². The van der Waals surface area contributed by atoms with E-state index in [0.717, 1.165) is 18.7 Å². The molecule has 0 bridgehead atoms. The third-order valence-corrected chi connectivity index (χ3v) is 4.72. The van der Waals surface area contributed by atoms with Gasteiger partial charge in [-0.15, -0.1) is 0 Å². The summed E-state index contributed by atoms with van der Waals surface area (Å²) in [6.45, 7) is 6.95. The minimum Gasteiger partial charge on any atom is -0.385 e. The van der Waals surface area contributed by atoms with Crippen molar-refractivity contribution in [1.29, 1.82) is 0 Å². The highest BCUT2D eigenvalue weighted by Crippen LogP contribution is 2.17. The van der Waals surface area contributed by atoms with Crippen LogP contribution in [0.4, 0.5) is 5.69 Å². The first-order chi connectivity index (χ1) is 13.1. The molecule has 0 amide bonds. The first kappa shape index (κ1) is 20.9. The van der Waals surface area contributed by atoms with Gasteiger partial charge in [-0.3, -0.25) is 9.59 Å². The molecule has 0 aliphatic carbocycles. The van der Waals surface area contributed by atoms with E-state index >= 15 is 0 Å². The van der Waals surface area contributed by atoms with Crippen molar-refractivity contribution < 1.29 is 9.59 Å². The summed E-state index contributed by atoms with van der Waals surface area (Å²) in [5.41, 5.74) is 2.03. The van der Waals surface area contributed by atoms with Crippen molar-refractivity contribution in [1.82, 2.24) is 0 Å². The van der Waals surface area contributed by atoms with Gasteiger partial charge >= 0.3 is 0 Å². The number of rotatable bonds is 12. The van der Waals surface area contributed by atoms with Crippen LogP contribution < -0.4 is 5.32 Å². The van der Waals surface area contributed by atoms with Crippen LogP contribution in [0.15, 0.2) is 54.6 Å². The summed E-state index contributed by atoms with van der Waals surface area (Å²) >= 11 is 0. The number of hydrogen-bond acceptors (Lipinski definition) is 3. The molecule has 3 heteroatoms. The molecule has 0 saturated heterocycles. The van der Waals surface area contributed by atoms with Crippen LogP contribution in [0.25, 0.3) is 0 Å². The summed E-state index contributed by atoms with van der Waals surface area (Å²) in [6, 6.07) is 16.2. The average molecular weight is 365 g/mol. The van der Waals surface area contributed by atoms with E-state index in [4.69, 9.17) is 0 Å². The average Bonchev–Trinajstić information content (AvgIpc) is 2.72. The van der Waals surface area contributed by atoms with Gasteiger partial charge in [0.15, 0.2) is 11.6 Å². The number of anilines is 1. The van der Waals surface area contributed by atoms with Gasteiger partial charge in [0.05, 0.1) is 5.92 Å². The fourth-order valence-electron chi connectivity index (χ4n) is 3.01. The molecule has 0 heterocycles. The van der Waals surface area contributed by atoms with E-state index in [9.17, 15) is 9.59 Å². The first-order valence-electron chi connectivity index (χ1n) is 9.94. The van der Waals surface area contributed by atoms with Crippen molar-refractivity contribution in [3.63, 3.8) is 0 Å². The van der Waals surface area contributed by atoms with Crippen LogP contribution in [0.2, 0.25) is 0 Å². The predicted octanol–water partition coefficient (Wildman–Crippen LogP) is 5.97. The Bertz CT molecular complexity index is 707. The van der Waals surface area contributed by atoms with E-state index in [1.165, 1.54) is 32.1 Å². The Morgan fingerprint density at radius 1 is 0.815 bits per heavy atom. The summed E-state index contributed by atoms with van der Waals surface area (Å²) in [6.07, 6.45) is 7.60. The van der Waals surface area contributed by atoms with Crippen LogP contribution in [0.1, 0.15) is 66.2 Å². The maximum atomic E-state index is 12.6. The fourth-order valence-corrected chi connectivity index (χ4v) is 3.01. The minimum absolute atomic E-state index is 0.244. The molecule has 1 atom stereocenters. The molecule has 0 spiro atoms. The highest BCUT2D eigenvalue weighted by atomic mass is 16.1. The van der Waals surface area contributed by atoms with Crippen LogP contribution in [0, 0.1) is 12.8 Å². The second-order valence-electron chi connectivity index (χ2n) is 6.92. The second kappa shape index (κ2) is 11.3. The van der Waals surface area contributed by atoms with Gasteiger partial charge in [0.2, 0.25) is 0 Å². The summed E-state index contributed by atoms with van der Waals surface area (Å²) in [7, 11) is 0. The quantitative estimate of drug-likeness (QED) is 0.286. The molecule has 27 heavy (non-hydrogen) atoms. The van der Waals surface area contributed by atoms with Gasteiger partial charge in [0, 0.05) is 23.4 Å². The number of carbonyl (C=O) groups is 2. The maximum Gasteiger partial charge on any atom is 0.173 e. The van der Waals surface area contributed by atoms with Crippen LogP contribution in [0.3, 0.4) is 0 Å². The molecule has 1 unspecified atom stereocenters. The number of carbonyl (C=O) groups excluding carboxylic acids is 2. The van der Waals surface area contributed by atoms with Gasteiger partial charge in [-0.2, -0.15) is 0 Å². The number of hydrogen-bond donors (Lipinski definition) is 1. The Labute approximate surface area is 163 Å². The van der Waals surface area contributed by atoms with Gasteiger partial charge < -0.3 is 5.32 Å². The molecule has 0 saturated carbocycles. The molecule has 0 aliphatic rings. The zero-order valence-electron chi connectivity index (χ0n) is 16.2. The van der Waals surface area contributed by atoms with Crippen molar-refractivity contribution in [2.24, 2.45) is 5.92 Å². The van der Waals surface area contributed by atoms with Crippen LogP contribution in [-0.2, 0) is 0 Å². The number of unbranched alkanes of at least 4 members (excludes halogenated alkanes) is 5. The van der Waals surface area contributed by atoms with Crippen molar-refractivity contribution in [2.45, 2.75) is 45.4 Å². The summed E-state index contributed by atoms with van der Waals surface area (Å²) in [5.74, 6) is -1.41. The predicted molar refractivity (Wildman–Crippen MR) is 112 cm³/mol. The SMILES string of the molecule is [CH2]C(C(=O)c1ccccc1)C(=O)c1ccc(NCCCCCCCC)cc1. The van der Waals surface area contributed by atoms with Gasteiger partial charge in [0.25, 0.3) is 0 Å². The molecular weight excluding hydrogens is 334 g/mol. The maximum absolute atomic E-state index is 12.6. The lowest BCUT2D eigenvalue weighted by molar-refractivity contribution is 0.0839. The summed E-state index contributed by atoms with van der Waals surface area (Å²) < 4.78 is 0. The lowest BCUT2D eigenvalue weighted by Crippen LogP contribution is -2.21. The Hall–Kier alpha value is -2.42. The number of ketones is 2. The molecule has 2 aromatic rings. The van der Waals surface area contributed by atoms with Gasteiger partial charge in [-0.05, 0) is 37.6 Å². The zero-order valence-corrected chi connectivity index (χ0v) is 16.2. The van der Waals surface area contributed by atoms with E-state index in [1.807, 2.05) is 18.2 Å². The molecule has 0 aliphatic heterocycles. The lowest BCUT2D eigenvalue weighted by atomic mass is 9.91. The number of benzene rings is 2. The molecule has 2 aromatic carbocycles. The molecular formula is C24H30NO2. The minimum atomic E-state index is -0.922. The van der Waals surface area contributed by atoms with Gasteiger partial charge in [0.1, 0.15) is 0 Å². The molecule has 0 fully saturated rings. The number of Topliss-reactive ketones (excluding diaryl/α,β-unsaturated/α-hetero) is 2. The topological polar surface area (TPSA) is 46.2 Å². The van der Waals surface area contributed by atoms with Gasteiger partial charge in [-0.1, -0.05) is 69.4 Å². The van der Waals surface area contributed by atoms with E-state index in [-0.39, 0.29) is 11.6 Å². The molecule has 2 rings (SSSR count). The third kappa shape index (κ3) is 6.67. The number of nitrogens with one attached hydrogen (secondary N) is 1. The highest BCUT2D eigenvalue weighted by Gasteiger charge is 2.23. The highest BCUT2D eigenvalue weighted by molar-refractivity contribution is 6.16. The Kier molecular flexibility index (Phi) is 8.76. The standard InChI is InChI=1S/C24H30NO2/c1-3-4-5-6-7-11-18-25-22-16-14-21(15-17-22)24(27)19(2)23(26)20-12-9-8-10-13-20/h8-10,12-17,19,25H,2-7,11,18H2,1H3. The van der Waals surface area contributed by atoms with E-state index in [2.05, 4.69) is 19.2 Å². The fraction of sp³-hybridized carbons (Fsp3) is 0.375. The van der Waals surface area contributed by atoms with Crippen molar-refractivity contribution in [2.75, 3.05) is 11.9 Å². The largest absolute Gasteiger partial charge is 0.385 e.